The molecule has 2 amide bonds. The lowest BCUT2D eigenvalue weighted by Crippen LogP contribution is -2.33. The number of aromatic nitrogens is 3. The molecule has 0 aliphatic carbocycles. The van der Waals surface area contributed by atoms with Crippen LogP contribution >= 0.6 is 11.8 Å². The van der Waals surface area contributed by atoms with E-state index in [4.69, 9.17) is 0 Å². The van der Waals surface area contributed by atoms with E-state index in [-0.39, 0.29) is 35.3 Å². The Morgan fingerprint density at radius 2 is 1.79 bits per heavy atom. The summed E-state index contributed by atoms with van der Waals surface area (Å²) in [7, 11) is 0. The Kier molecular flexibility index (Phi) is 8.44. The first-order valence-electron chi connectivity index (χ1n) is 11.2. The van der Waals surface area contributed by atoms with Crippen LogP contribution in [0.25, 0.3) is 0 Å². The molecule has 0 fully saturated rings. The smallest absolute Gasteiger partial charge is 0.251 e. The maximum absolute atomic E-state index is 13.7. The first-order valence-corrected chi connectivity index (χ1v) is 12.2. The number of carbonyl (C=O) groups excluding carboxylic acids is 2. The van der Waals surface area contributed by atoms with Crippen LogP contribution in [0.5, 0.6) is 0 Å². The molecule has 0 aliphatic heterocycles. The summed E-state index contributed by atoms with van der Waals surface area (Å²) in [5.41, 5.74) is 2.50. The fourth-order valence-electron chi connectivity index (χ4n) is 3.45. The molecule has 0 bridgehead atoms. The number of rotatable bonds is 9. The topological polar surface area (TPSA) is 88.9 Å². The van der Waals surface area contributed by atoms with Gasteiger partial charge in [0.1, 0.15) is 5.82 Å². The number of anilines is 1. The molecule has 1 atom stereocenters. The number of benzene rings is 2. The minimum Gasteiger partial charge on any atom is -0.342 e. The monoisotopic (exact) mass is 483 g/mol. The molecule has 1 heterocycles. The summed E-state index contributed by atoms with van der Waals surface area (Å²) in [6.45, 7) is 10.2. The van der Waals surface area contributed by atoms with Crippen LogP contribution < -0.4 is 10.6 Å². The highest BCUT2D eigenvalue weighted by Crippen LogP contribution is 2.26. The quantitative estimate of drug-likeness (QED) is 0.422. The maximum atomic E-state index is 13.7. The third kappa shape index (κ3) is 6.02. The molecular formula is C25H30FN5O2S. The zero-order valence-electron chi connectivity index (χ0n) is 20.1. The molecule has 1 aromatic heterocycles. The molecule has 0 radical (unpaired) electrons. The van der Waals surface area contributed by atoms with Gasteiger partial charge in [-0.25, -0.2) is 4.39 Å². The Balaban J connectivity index is 1.72. The van der Waals surface area contributed by atoms with Gasteiger partial charge in [0, 0.05) is 23.4 Å². The van der Waals surface area contributed by atoms with Crippen LogP contribution in [0, 0.1) is 25.6 Å². The molecule has 9 heteroatoms. The number of amides is 2. The van der Waals surface area contributed by atoms with Gasteiger partial charge in [-0.3, -0.25) is 9.59 Å². The third-order valence-electron chi connectivity index (χ3n) is 5.48. The van der Waals surface area contributed by atoms with Crippen LogP contribution in [0.4, 0.5) is 10.1 Å². The van der Waals surface area contributed by atoms with Crippen molar-refractivity contribution in [2.75, 3.05) is 11.1 Å². The third-order valence-corrected chi connectivity index (χ3v) is 6.45. The van der Waals surface area contributed by atoms with E-state index >= 15 is 0 Å². The standard InChI is InChI=1S/C25H30FN5O2S/c1-6-31-23(22(15(2)3)28-24(33)18-12-10-16(4)11-13-18)29-30-25(31)34-14-21(32)27-20-9-7-8-19(26)17(20)5/h7-13,15,22H,6,14H2,1-5H3,(H,27,32)(H,28,33)/t22-/m0/s1. The summed E-state index contributed by atoms with van der Waals surface area (Å²) in [5, 5.41) is 15.0. The van der Waals surface area contributed by atoms with Gasteiger partial charge in [0.15, 0.2) is 11.0 Å². The molecule has 0 spiro atoms. The Bertz CT molecular complexity index is 1160. The van der Waals surface area contributed by atoms with Crippen molar-refractivity contribution in [3.63, 3.8) is 0 Å². The predicted octanol–water partition coefficient (Wildman–Crippen LogP) is 4.91. The van der Waals surface area contributed by atoms with Gasteiger partial charge in [-0.15, -0.1) is 10.2 Å². The second-order valence-corrected chi connectivity index (χ2v) is 9.34. The summed E-state index contributed by atoms with van der Waals surface area (Å²) in [5.74, 6) is -0.00524. The van der Waals surface area contributed by atoms with Crippen molar-refractivity contribution in [2.45, 2.75) is 52.4 Å². The molecule has 180 valence electrons. The Labute approximate surface area is 203 Å². The van der Waals surface area contributed by atoms with Crippen molar-refractivity contribution in [2.24, 2.45) is 5.92 Å². The summed E-state index contributed by atoms with van der Waals surface area (Å²) in [4.78, 5) is 25.3. The van der Waals surface area contributed by atoms with Crippen molar-refractivity contribution < 1.29 is 14.0 Å². The van der Waals surface area contributed by atoms with Crippen LogP contribution in [0.3, 0.4) is 0 Å². The highest BCUT2D eigenvalue weighted by Gasteiger charge is 2.26. The van der Waals surface area contributed by atoms with Gasteiger partial charge < -0.3 is 15.2 Å². The molecular weight excluding hydrogens is 453 g/mol. The lowest BCUT2D eigenvalue weighted by Gasteiger charge is -2.22. The van der Waals surface area contributed by atoms with E-state index in [2.05, 4.69) is 20.8 Å². The second kappa shape index (κ2) is 11.3. The SMILES string of the molecule is CCn1c(SCC(=O)Nc2cccc(F)c2C)nnc1[C@@H](NC(=O)c1ccc(C)cc1)C(C)C. The lowest BCUT2D eigenvalue weighted by atomic mass is 10.0. The van der Waals surface area contributed by atoms with Gasteiger partial charge in [-0.05, 0) is 51.0 Å². The van der Waals surface area contributed by atoms with Crippen LogP contribution in [-0.2, 0) is 11.3 Å². The predicted molar refractivity (Wildman–Crippen MR) is 132 cm³/mol. The zero-order chi connectivity index (χ0) is 24.8. The fraction of sp³-hybridized carbons (Fsp3) is 0.360. The molecule has 3 aromatic rings. The molecule has 2 aromatic carbocycles. The van der Waals surface area contributed by atoms with E-state index in [0.717, 1.165) is 5.56 Å². The van der Waals surface area contributed by atoms with Gasteiger partial charge in [-0.1, -0.05) is 49.4 Å². The van der Waals surface area contributed by atoms with Gasteiger partial charge >= 0.3 is 0 Å². The number of aryl methyl sites for hydroxylation is 1. The minimum absolute atomic E-state index is 0.0704. The van der Waals surface area contributed by atoms with E-state index in [9.17, 15) is 14.0 Å². The first kappa shape index (κ1) is 25.4. The molecule has 0 unspecified atom stereocenters. The number of nitrogens with one attached hydrogen (secondary N) is 2. The van der Waals surface area contributed by atoms with Gasteiger partial charge in [0.05, 0.1) is 11.8 Å². The zero-order valence-corrected chi connectivity index (χ0v) is 20.9. The van der Waals surface area contributed by atoms with Crippen molar-refractivity contribution in [1.29, 1.82) is 0 Å². The second-order valence-electron chi connectivity index (χ2n) is 8.40. The molecule has 0 aliphatic rings. The van der Waals surface area contributed by atoms with Gasteiger partial charge in [-0.2, -0.15) is 0 Å². The number of carbonyl (C=O) groups is 2. The Morgan fingerprint density at radius 1 is 1.09 bits per heavy atom. The fourth-order valence-corrected chi connectivity index (χ4v) is 4.26. The van der Waals surface area contributed by atoms with Crippen molar-refractivity contribution in [3.8, 4) is 0 Å². The highest BCUT2D eigenvalue weighted by atomic mass is 32.2. The van der Waals surface area contributed by atoms with Crippen LogP contribution in [0.2, 0.25) is 0 Å². The van der Waals surface area contributed by atoms with Crippen molar-refractivity contribution in [3.05, 3.63) is 70.8 Å². The lowest BCUT2D eigenvalue weighted by molar-refractivity contribution is -0.113. The molecule has 3 rings (SSSR count). The number of halogens is 1. The Hall–Kier alpha value is -3.20. The van der Waals surface area contributed by atoms with E-state index in [1.54, 1.807) is 31.2 Å². The molecule has 0 saturated heterocycles. The largest absolute Gasteiger partial charge is 0.342 e. The van der Waals surface area contributed by atoms with Crippen LogP contribution in [-0.4, -0.2) is 32.3 Å². The average Bonchev–Trinajstić information content (AvgIpc) is 3.21. The minimum atomic E-state index is -0.367. The van der Waals surface area contributed by atoms with Crippen LogP contribution in [0.15, 0.2) is 47.6 Å². The van der Waals surface area contributed by atoms with Gasteiger partial charge in [0.2, 0.25) is 5.91 Å². The Morgan fingerprint density at radius 3 is 2.44 bits per heavy atom. The molecule has 34 heavy (non-hydrogen) atoms. The van der Waals surface area contributed by atoms with Crippen molar-refractivity contribution in [1.82, 2.24) is 20.1 Å². The summed E-state index contributed by atoms with van der Waals surface area (Å²) >= 11 is 1.25. The number of hydrogen-bond acceptors (Lipinski definition) is 5. The number of hydrogen-bond donors (Lipinski definition) is 2. The average molecular weight is 484 g/mol. The molecule has 2 N–H and O–H groups in total. The first-order chi connectivity index (χ1) is 16.2. The highest BCUT2D eigenvalue weighted by molar-refractivity contribution is 7.99. The molecule has 7 nitrogen and oxygen atoms in total. The maximum Gasteiger partial charge on any atom is 0.251 e. The van der Waals surface area contributed by atoms with E-state index in [0.29, 0.717) is 34.3 Å². The number of nitrogens with zero attached hydrogens (tertiary/aromatic N) is 3. The normalized spacial score (nSPS) is 12.0. The van der Waals surface area contributed by atoms with E-state index < -0.39 is 0 Å². The van der Waals surface area contributed by atoms with E-state index in [1.165, 1.54) is 17.8 Å². The number of thioether (sulfide) groups is 1. The summed E-state index contributed by atoms with van der Waals surface area (Å²) in [6.07, 6.45) is 0. The summed E-state index contributed by atoms with van der Waals surface area (Å²) in [6, 6.07) is 11.6. The van der Waals surface area contributed by atoms with Gasteiger partial charge in [0.25, 0.3) is 5.91 Å². The van der Waals surface area contributed by atoms with Crippen LogP contribution in [0.1, 0.15) is 54.1 Å². The molecule has 0 saturated carbocycles. The van der Waals surface area contributed by atoms with Crippen molar-refractivity contribution >= 4 is 29.3 Å². The summed E-state index contributed by atoms with van der Waals surface area (Å²) < 4.78 is 15.6. The van der Waals surface area contributed by atoms with E-state index in [1.807, 2.05) is 44.4 Å².